The number of amides is 3. The van der Waals surface area contributed by atoms with Crippen molar-refractivity contribution in [1.82, 2.24) is 10.2 Å². The fraction of sp³-hybridized carbons (Fsp3) is 0.357. The second-order valence-electron chi connectivity index (χ2n) is 5.42. The van der Waals surface area contributed by atoms with E-state index in [4.69, 9.17) is 5.73 Å². The Balaban J connectivity index is 2.43. The van der Waals surface area contributed by atoms with E-state index in [1.165, 1.54) is 4.90 Å². The standard InChI is InChI=1S/C14H17N3O3/c1-8-4-5-10(15)9(6-8)12(19)17-7-11(18)16-13(20)14(17,2)3/h4-6H,7,15H2,1-3H3,(H,16,18,20). The third kappa shape index (κ3) is 2.24. The largest absolute Gasteiger partial charge is 0.398 e. The van der Waals surface area contributed by atoms with Crippen LogP contribution in [-0.2, 0) is 9.59 Å². The summed E-state index contributed by atoms with van der Waals surface area (Å²) in [4.78, 5) is 37.2. The van der Waals surface area contributed by atoms with E-state index < -0.39 is 23.3 Å². The number of nitrogens with two attached hydrogens (primary N) is 1. The predicted molar refractivity (Wildman–Crippen MR) is 73.9 cm³/mol. The molecular weight excluding hydrogens is 258 g/mol. The third-order valence-corrected chi connectivity index (χ3v) is 3.47. The SMILES string of the molecule is Cc1ccc(N)c(C(=O)N2CC(=O)NC(=O)C2(C)C)c1. The number of carbonyl (C=O) groups is 3. The van der Waals surface area contributed by atoms with Gasteiger partial charge in [0, 0.05) is 5.69 Å². The van der Waals surface area contributed by atoms with E-state index >= 15 is 0 Å². The molecule has 106 valence electrons. The number of imide groups is 1. The van der Waals surface area contributed by atoms with Crippen molar-refractivity contribution in [2.75, 3.05) is 12.3 Å². The van der Waals surface area contributed by atoms with Gasteiger partial charge in [-0.1, -0.05) is 11.6 Å². The Labute approximate surface area is 116 Å². The normalized spacial score (nSPS) is 17.9. The Bertz CT molecular complexity index is 608. The predicted octanol–water partition coefficient (Wildman–Crippen LogP) is 0.454. The summed E-state index contributed by atoms with van der Waals surface area (Å²) in [6, 6.07) is 5.09. The van der Waals surface area contributed by atoms with Gasteiger partial charge in [-0.25, -0.2) is 0 Å². The van der Waals surface area contributed by atoms with E-state index in [1.54, 1.807) is 32.0 Å². The number of aryl methyl sites for hydroxylation is 1. The maximum atomic E-state index is 12.6. The van der Waals surface area contributed by atoms with Crippen LogP contribution in [0.4, 0.5) is 5.69 Å². The van der Waals surface area contributed by atoms with Crippen molar-refractivity contribution in [1.29, 1.82) is 0 Å². The smallest absolute Gasteiger partial charge is 0.257 e. The summed E-state index contributed by atoms with van der Waals surface area (Å²) in [6.07, 6.45) is 0. The molecule has 1 aliphatic heterocycles. The van der Waals surface area contributed by atoms with Gasteiger partial charge in [0.1, 0.15) is 12.1 Å². The van der Waals surface area contributed by atoms with E-state index in [9.17, 15) is 14.4 Å². The number of benzene rings is 1. The average molecular weight is 275 g/mol. The highest BCUT2D eigenvalue weighted by Gasteiger charge is 2.44. The van der Waals surface area contributed by atoms with Crippen LogP contribution in [0.15, 0.2) is 18.2 Å². The summed E-state index contributed by atoms with van der Waals surface area (Å²) >= 11 is 0. The number of anilines is 1. The van der Waals surface area contributed by atoms with Crippen LogP contribution in [0.5, 0.6) is 0 Å². The second kappa shape index (κ2) is 4.63. The van der Waals surface area contributed by atoms with Crippen molar-refractivity contribution in [3.63, 3.8) is 0 Å². The van der Waals surface area contributed by atoms with Gasteiger partial charge in [-0.05, 0) is 32.9 Å². The molecule has 1 aromatic rings. The number of nitrogens with zero attached hydrogens (tertiary/aromatic N) is 1. The molecule has 0 bridgehead atoms. The third-order valence-electron chi connectivity index (χ3n) is 3.47. The number of hydrogen-bond acceptors (Lipinski definition) is 4. The number of nitrogen functional groups attached to an aromatic ring is 1. The molecule has 0 unspecified atom stereocenters. The van der Waals surface area contributed by atoms with Crippen LogP contribution in [0.3, 0.4) is 0 Å². The first kappa shape index (κ1) is 14.0. The molecule has 1 heterocycles. The summed E-state index contributed by atoms with van der Waals surface area (Å²) in [6.45, 7) is 4.87. The molecule has 0 saturated carbocycles. The molecular formula is C14H17N3O3. The van der Waals surface area contributed by atoms with Crippen molar-refractivity contribution in [2.24, 2.45) is 0 Å². The molecule has 1 aliphatic rings. The summed E-state index contributed by atoms with van der Waals surface area (Å²) in [5, 5.41) is 2.23. The molecule has 0 spiro atoms. The minimum absolute atomic E-state index is 0.162. The lowest BCUT2D eigenvalue weighted by atomic mass is 9.96. The number of nitrogens with one attached hydrogen (secondary N) is 1. The summed E-state index contributed by atoms with van der Waals surface area (Å²) < 4.78 is 0. The lowest BCUT2D eigenvalue weighted by Gasteiger charge is -2.40. The van der Waals surface area contributed by atoms with Gasteiger partial charge in [0.15, 0.2) is 0 Å². The van der Waals surface area contributed by atoms with Crippen LogP contribution in [0, 0.1) is 6.92 Å². The van der Waals surface area contributed by atoms with Crippen LogP contribution >= 0.6 is 0 Å². The number of piperazine rings is 1. The summed E-state index contributed by atoms with van der Waals surface area (Å²) in [5.74, 6) is -1.40. The quantitative estimate of drug-likeness (QED) is 0.575. The first-order valence-electron chi connectivity index (χ1n) is 6.26. The molecule has 20 heavy (non-hydrogen) atoms. The van der Waals surface area contributed by atoms with Gasteiger partial charge in [-0.2, -0.15) is 0 Å². The highest BCUT2D eigenvalue weighted by Crippen LogP contribution is 2.24. The molecule has 0 radical (unpaired) electrons. The molecule has 1 aromatic carbocycles. The maximum absolute atomic E-state index is 12.6. The first-order valence-corrected chi connectivity index (χ1v) is 6.26. The van der Waals surface area contributed by atoms with E-state index in [2.05, 4.69) is 5.32 Å². The number of hydrogen-bond donors (Lipinski definition) is 2. The van der Waals surface area contributed by atoms with Crippen molar-refractivity contribution in [3.8, 4) is 0 Å². The van der Waals surface area contributed by atoms with Crippen molar-refractivity contribution < 1.29 is 14.4 Å². The van der Waals surface area contributed by atoms with E-state index in [-0.39, 0.29) is 6.54 Å². The minimum Gasteiger partial charge on any atom is -0.398 e. The fourth-order valence-corrected chi connectivity index (χ4v) is 2.11. The Morgan fingerprint density at radius 2 is 2.00 bits per heavy atom. The monoisotopic (exact) mass is 275 g/mol. The molecule has 2 rings (SSSR count). The van der Waals surface area contributed by atoms with Crippen LogP contribution in [0.2, 0.25) is 0 Å². The molecule has 0 atom stereocenters. The molecule has 1 fully saturated rings. The van der Waals surface area contributed by atoms with Crippen LogP contribution in [0.25, 0.3) is 0 Å². The van der Waals surface area contributed by atoms with E-state index in [1.807, 2.05) is 6.92 Å². The summed E-state index contributed by atoms with van der Waals surface area (Å²) in [5.41, 5.74) is 6.24. The molecule has 3 amide bonds. The lowest BCUT2D eigenvalue weighted by molar-refractivity contribution is -0.143. The highest BCUT2D eigenvalue weighted by molar-refractivity contribution is 6.10. The van der Waals surface area contributed by atoms with Gasteiger partial charge in [0.25, 0.3) is 11.8 Å². The molecule has 1 saturated heterocycles. The van der Waals surface area contributed by atoms with Gasteiger partial charge < -0.3 is 10.6 Å². The zero-order valence-corrected chi connectivity index (χ0v) is 11.7. The van der Waals surface area contributed by atoms with Gasteiger partial charge in [0.05, 0.1) is 5.56 Å². The Hall–Kier alpha value is -2.37. The molecule has 3 N–H and O–H groups in total. The van der Waals surface area contributed by atoms with Crippen LogP contribution in [-0.4, -0.2) is 34.7 Å². The lowest BCUT2D eigenvalue weighted by Crippen LogP contribution is -2.65. The highest BCUT2D eigenvalue weighted by atomic mass is 16.2. The van der Waals surface area contributed by atoms with E-state index in [0.29, 0.717) is 11.3 Å². The minimum atomic E-state index is -1.10. The maximum Gasteiger partial charge on any atom is 0.257 e. The summed E-state index contributed by atoms with van der Waals surface area (Å²) in [7, 11) is 0. The number of carbonyl (C=O) groups excluding carboxylic acids is 3. The average Bonchev–Trinajstić information content (AvgIpc) is 2.36. The Morgan fingerprint density at radius 3 is 2.65 bits per heavy atom. The van der Waals surface area contributed by atoms with E-state index in [0.717, 1.165) is 5.56 Å². The zero-order valence-electron chi connectivity index (χ0n) is 11.7. The van der Waals surface area contributed by atoms with Crippen LogP contribution in [0.1, 0.15) is 29.8 Å². The van der Waals surface area contributed by atoms with Crippen molar-refractivity contribution in [2.45, 2.75) is 26.3 Å². The van der Waals surface area contributed by atoms with Crippen molar-refractivity contribution >= 4 is 23.4 Å². The Morgan fingerprint density at radius 1 is 1.35 bits per heavy atom. The van der Waals surface area contributed by atoms with Gasteiger partial charge in [0.2, 0.25) is 5.91 Å². The van der Waals surface area contributed by atoms with Gasteiger partial charge in [-0.3, -0.25) is 19.7 Å². The van der Waals surface area contributed by atoms with Crippen LogP contribution < -0.4 is 11.1 Å². The zero-order chi connectivity index (χ0) is 15.1. The van der Waals surface area contributed by atoms with Crippen molar-refractivity contribution in [3.05, 3.63) is 29.3 Å². The first-order chi connectivity index (χ1) is 9.23. The van der Waals surface area contributed by atoms with Gasteiger partial charge in [-0.15, -0.1) is 0 Å². The van der Waals surface area contributed by atoms with Gasteiger partial charge >= 0.3 is 0 Å². The fourth-order valence-electron chi connectivity index (χ4n) is 2.11. The molecule has 6 heteroatoms. The number of rotatable bonds is 1. The second-order valence-corrected chi connectivity index (χ2v) is 5.42. The molecule has 6 nitrogen and oxygen atoms in total. The Kier molecular flexibility index (Phi) is 3.25. The molecule has 0 aliphatic carbocycles. The molecule has 0 aromatic heterocycles. The topological polar surface area (TPSA) is 92.5 Å².